The first-order chi connectivity index (χ1) is 11.0. The number of para-hydroxylation sites is 2. The summed E-state index contributed by atoms with van der Waals surface area (Å²) in [7, 11) is 0. The first-order valence-corrected chi connectivity index (χ1v) is 7.40. The molecular formula is C18H17NO4. The number of anilines is 1. The van der Waals surface area contributed by atoms with Gasteiger partial charge in [0, 0.05) is 6.54 Å². The number of aliphatic carboxylic acids is 1. The van der Waals surface area contributed by atoms with E-state index in [9.17, 15) is 14.7 Å². The van der Waals surface area contributed by atoms with Crippen molar-refractivity contribution < 1.29 is 19.4 Å². The van der Waals surface area contributed by atoms with Crippen molar-refractivity contribution >= 4 is 17.6 Å². The van der Waals surface area contributed by atoms with Crippen LogP contribution in [0.2, 0.25) is 0 Å². The van der Waals surface area contributed by atoms with Gasteiger partial charge in [0.15, 0.2) is 0 Å². The van der Waals surface area contributed by atoms with Gasteiger partial charge >= 0.3 is 5.97 Å². The average molecular weight is 311 g/mol. The predicted molar refractivity (Wildman–Crippen MR) is 85.6 cm³/mol. The van der Waals surface area contributed by atoms with Crippen molar-refractivity contribution in [3.8, 4) is 5.75 Å². The molecule has 1 unspecified atom stereocenters. The van der Waals surface area contributed by atoms with E-state index in [-0.39, 0.29) is 0 Å². The SMILES string of the molecule is CC1(C(=O)O)Oc2ccccc2N(CCc2ccccc2)C1=O. The van der Waals surface area contributed by atoms with Gasteiger partial charge in [-0.25, -0.2) is 4.79 Å². The van der Waals surface area contributed by atoms with Crippen molar-refractivity contribution in [2.24, 2.45) is 0 Å². The highest BCUT2D eigenvalue weighted by Gasteiger charge is 2.50. The van der Waals surface area contributed by atoms with E-state index in [2.05, 4.69) is 0 Å². The Balaban J connectivity index is 1.93. The Morgan fingerprint density at radius 2 is 1.78 bits per heavy atom. The molecule has 0 saturated heterocycles. The fraction of sp³-hybridized carbons (Fsp3) is 0.222. The number of benzene rings is 2. The molecular weight excluding hydrogens is 294 g/mol. The molecule has 0 aromatic heterocycles. The van der Waals surface area contributed by atoms with Crippen molar-refractivity contribution in [3.05, 3.63) is 60.2 Å². The number of ether oxygens (including phenoxy) is 1. The lowest BCUT2D eigenvalue weighted by molar-refractivity contribution is -0.161. The van der Waals surface area contributed by atoms with Crippen molar-refractivity contribution in [3.63, 3.8) is 0 Å². The summed E-state index contributed by atoms with van der Waals surface area (Å²) in [5.41, 5.74) is -0.209. The van der Waals surface area contributed by atoms with Crippen molar-refractivity contribution in [1.82, 2.24) is 0 Å². The van der Waals surface area contributed by atoms with Crippen LogP contribution in [0.4, 0.5) is 5.69 Å². The predicted octanol–water partition coefficient (Wildman–Crippen LogP) is 2.50. The minimum Gasteiger partial charge on any atom is -0.478 e. The van der Waals surface area contributed by atoms with Gasteiger partial charge in [-0.05, 0) is 31.0 Å². The summed E-state index contributed by atoms with van der Waals surface area (Å²) in [6.45, 7) is 1.69. The van der Waals surface area contributed by atoms with Crippen LogP contribution in [0.5, 0.6) is 5.75 Å². The summed E-state index contributed by atoms with van der Waals surface area (Å²) in [4.78, 5) is 25.7. The summed E-state index contributed by atoms with van der Waals surface area (Å²) in [6.07, 6.45) is 0.636. The largest absolute Gasteiger partial charge is 0.478 e. The molecule has 2 aromatic carbocycles. The molecule has 3 rings (SSSR count). The van der Waals surface area contributed by atoms with E-state index in [0.717, 1.165) is 5.56 Å². The van der Waals surface area contributed by atoms with Gasteiger partial charge in [-0.3, -0.25) is 4.79 Å². The fourth-order valence-corrected chi connectivity index (χ4v) is 2.64. The van der Waals surface area contributed by atoms with Gasteiger partial charge < -0.3 is 14.7 Å². The Hall–Kier alpha value is -2.82. The number of carbonyl (C=O) groups is 2. The third-order valence-electron chi connectivity index (χ3n) is 4.00. The number of carbonyl (C=O) groups excluding carboxylic acids is 1. The van der Waals surface area contributed by atoms with Gasteiger partial charge in [0.05, 0.1) is 5.69 Å². The lowest BCUT2D eigenvalue weighted by atomic mass is 10.0. The molecule has 0 radical (unpaired) electrons. The Bertz CT molecular complexity index is 744. The Morgan fingerprint density at radius 1 is 1.13 bits per heavy atom. The molecule has 1 atom stereocenters. The molecule has 5 nitrogen and oxygen atoms in total. The van der Waals surface area contributed by atoms with E-state index in [1.807, 2.05) is 30.3 Å². The molecule has 2 aromatic rings. The molecule has 0 bridgehead atoms. The van der Waals surface area contributed by atoms with Crippen LogP contribution in [0.1, 0.15) is 12.5 Å². The molecule has 1 aliphatic rings. The molecule has 118 valence electrons. The van der Waals surface area contributed by atoms with Crippen molar-refractivity contribution in [2.45, 2.75) is 18.9 Å². The molecule has 1 N–H and O–H groups in total. The zero-order valence-corrected chi connectivity index (χ0v) is 12.7. The minimum absolute atomic E-state index is 0.395. The molecule has 1 amide bonds. The molecule has 5 heteroatoms. The van der Waals surface area contributed by atoms with Crippen LogP contribution in [-0.2, 0) is 16.0 Å². The number of hydrogen-bond acceptors (Lipinski definition) is 3. The second-order valence-electron chi connectivity index (χ2n) is 5.60. The van der Waals surface area contributed by atoms with E-state index >= 15 is 0 Å². The standard InChI is InChI=1S/C18H17NO4/c1-18(17(21)22)16(20)19(12-11-13-7-3-2-4-8-13)14-9-5-6-10-15(14)23-18/h2-10H,11-12H2,1H3,(H,21,22). The first kappa shape index (κ1) is 15.1. The van der Waals surface area contributed by atoms with Crippen molar-refractivity contribution in [1.29, 1.82) is 0 Å². The van der Waals surface area contributed by atoms with Crippen LogP contribution in [-0.4, -0.2) is 29.1 Å². The number of nitrogens with zero attached hydrogens (tertiary/aromatic N) is 1. The highest BCUT2D eigenvalue weighted by atomic mass is 16.5. The Kier molecular flexibility index (Phi) is 3.78. The van der Waals surface area contributed by atoms with E-state index in [0.29, 0.717) is 24.4 Å². The number of carboxylic acid groups (broad SMARTS) is 1. The number of amides is 1. The Morgan fingerprint density at radius 3 is 2.48 bits per heavy atom. The average Bonchev–Trinajstić information content (AvgIpc) is 2.56. The zero-order chi connectivity index (χ0) is 16.4. The molecule has 0 fully saturated rings. The normalized spacial score (nSPS) is 19.9. The zero-order valence-electron chi connectivity index (χ0n) is 12.7. The van der Waals surface area contributed by atoms with Gasteiger partial charge in [0.25, 0.3) is 11.5 Å². The number of carboxylic acids is 1. The molecule has 23 heavy (non-hydrogen) atoms. The van der Waals surface area contributed by atoms with Crippen LogP contribution >= 0.6 is 0 Å². The Labute approximate surface area is 134 Å². The summed E-state index contributed by atoms with van der Waals surface area (Å²) < 4.78 is 5.48. The maximum absolute atomic E-state index is 12.7. The lowest BCUT2D eigenvalue weighted by Crippen LogP contribution is -2.59. The quantitative estimate of drug-likeness (QED) is 0.881. The van der Waals surface area contributed by atoms with Gasteiger partial charge in [-0.15, -0.1) is 0 Å². The van der Waals surface area contributed by atoms with E-state index in [1.165, 1.54) is 11.8 Å². The second kappa shape index (κ2) is 5.76. The summed E-state index contributed by atoms with van der Waals surface area (Å²) in [5, 5.41) is 9.42. The van der Waals surface area contributed by atoms with Crippen molar-refractivity contribution in [2.75, 3.05) is 11.4 Å². The lowest BCUT2D eigenvalue weighted by Gasteiger charge is -2.38. The summed E-state index contributed by atoms with van der Waals surface area (Å²) in [6, 6.07) is 16.8. The number of hydrogen-bond donors (Lipinski definition) is 1. The van der Waals surface area contributed by atoms with Gasteiger partial charge in [-0.2, -0.15) is 0 Å². The summed E-state index contributed by atoms with van der Waals surface area (Å²) in [5.74, 6) is -1.44. The van der Waals surface area contributed by atoms with Gasteiger partial charge in [-0.1, -0.05) is 42.5 Å². The first-order valence-electron chi connectivity index (χ1n) is 7.40. The van der Waals surface area contributed by atoms with Gasteiger partial charge in [0.2, 0.25) is 0 Å². The van der Waals surface area contributed by atoms with Crippen LogP contribution in [0.25, 0.3) is 0 Å². The summed E-state index contributed by atoms with van der Waals surface area (Å²) >= 11 is 0. The number of fused-ring (bicyclic) bond motifs is 1. The maximum Gasteiger partial charge on any atom is 0.357 e. The molecule has 0 spiro atoms. The molecule has 0 aliphatic carbocycles. The van der Waals surface area contributed by atoms with Gasteiger partial charge in [0.1, 0.15) is 5.75 Å². The molecule has 1 aliphatic heterocycles. The fourth-order valence-electron chi connectivity index (χ4n) is 2.64. The highest BCUT2D eigenvalue weighted by molar-refractivity contribution is 6.14. The third kappa shape index (κ3) is 2.65. The number of rotatable bonds is 4. The van der Waals surface area contributed by atoms with E-state index in [4.69, 9.17) is 4.74 Å². The van der Waals surface area contributed by atoms with E-state index < -0.39 is 17.5 Å². The van der Waals surface area contributed by atoms with Crippen LogP contribution in [0.3, 0.4) is 0 Å². The minimum atomic E-state index is -1.90. The molecule has 1 heterocycles. The smallest absolute Gasteiger partial charge is 0.357 e. The monoisotopic (exact) mass is 311 g/mol. The van der Waals surface area contributed by atoms with E-state index in [1.54, 1.807) is 24.3 Å². The van der Waals surface area contributed by atoms with Crippen LogP contribution in [0, 0.1) is 0 Å². The van der Waals surface area contributed by atoms with Crippen LogP contribution in [0.15, 0.2) is 54.6 Å². The maximum atomic E-state index is 12.7. The highest BCUT2D eigenvalue weighted by Crippen LogP contribution is 2.37. The third-order valence-corrected chi connectivity index (χ3v) is 4.00. The second-order valence-corrected chi connectivity index (χ2v) is 5.60. The van der Waals surface area contributed by atoms with Crippen LogP contribution < -0.4 is 9.64 Å². The molecule has 0 saturated carbocycles. The topological polar surface area (TPSA) is 66.8 Å².